The number of nitrogens with zero attached hydrogens (tertiary/aromatic N) is 1. The summed E-state index contributed by atoms with van der Waals surface area (Å²) in [4.78, 5) is 1.32. The first-order valence-corrected chi connectivity index (χ1v) is 8.96. The van der Waals surface area contributed by atoms with Gasteiger partial charge >= 0.3 is 0 Å². The van der Waals surface area contributed by atoms with Crippen molar-refractivity contribution in [2.45, 2.75) is 23.6 Å². The molecule has 0 fully saturated rings. The highest BCUT2D eigenvalue weighted by Crippen LogP contribution is 2.40. The number of benzene rings is 3. The quantitative estimate of drug-likeness (QED) is 0.389. The minimum absolute atomic E-state index is 0.391. The van der Waals surface area contributed by atoms with Gasteiger partial charge in [0.25, 0.3) is 0 Å². The zero-order valence-corrected chi connectivity index (χ0v) is 14.0. The summed E-state index contributed by atoms with van der Waals surface area (Å²) in [5.74, 6) is 0. The van der Waals surface area contributed by atoms with E-state index in [2.05, 4.69) is 90.4 Å². The second-order valence-corrected chi connectivity index (χ2v) is 6.95. The van der Waals surface area contributed by atoms with Crippen LogP contribution in [0.15, 0.2) is 83.8 Å². The molecule has 0 saturated heterocycles. The van der Waals surface area contributed by atoms with Gasteiger partial charge in [0, 0.05) is 15.7 Å². The van der Waals surface area contributed by atoms with Crippen molar-refractivity contribution >= 4 is 33.6 Å². The lowest BCUT2D eigenvalue weighted by Crippen LogP contribution is -2.03. The van der Waals surface area contributed by atoms with Crippen LogP contribution in [0.4, 0.5) is 0 Å². The van der Waals surface area contributed by atoms with Crippen molar-refractivity contribution in [3.8, 4) is 0 Å². The second kappa shape index (κ2) is 6.13. The molecular formula is C21H19NS. The van der Waals surface area contributed by atoms with Gasteiger partial charge in [-0.1, -0.05) is 61.5 Å². The number of thioether (sulfide) groups is 1. The highest BCUT2D eigenvalue weighted by molar-refractivity contribution is 7.99. The number of aromatic nitrogens is 1. The fourth-order valence-corrected chi connectivity index (χ4v) is 4.37. The SMILES string of the molecule is CCC(Sc1ccccc1)n1c2ccccc2c2ccccc21. The first-order valence-electron chi connectivity index (χ1n) is 8.08. The Morgan fingerprint density at radius 3 is 1.83 bits per heavy atom. The third-order valence-electron chi connectivity index (χ3n) is 4.27. The van der Waals surface area contributed by atoms with Crippen molar-refractivity contribution in [1.29, 1.82) is 0 Å². The molecule has 1 nitrogen and oxygen atoms in total. The molecule has 3 aromatic carbocycles. The van der Waals surface area contributed by atoms with Crippen LogP contribution in [0.25, 0.3) is 21.8 Å². The van der Waals surface area contributed by atoms with Crippen molar-refractivity contribution in [3.63, 3.8) is 0 Å². The number of hydrogen-bond donors (Lipinski definition) is 0. The number of fused-ring (bicyclic) bond motifs is 3. The van der Waals surface area contributed by atoms with Crippen molar-refractivity contribution in [3.05, 3.63) is 78.9 Å². The molecule has 0 saturated carbocycles. The van der Waals surface area contributed by atoms with Crippen LogP contribution in [-0.2, 0) is 0 Å². The highest BCUT2D eigenvalue weighted by atomic mass is 32.2. The summed E-state index contributed by atoms with van der Waals surface area (Å²) in [5, 5.41) is 3.08. The van der Waals surface area contributed by atoms with Gasteiger partial charge in [0.2, 0.25) is 0 Å². The maximum Gasteiger partial charge on any atom is 0.0843 e. The fourth-order valence-electron chi connectivity index (χ4n) is 3.24. The maximum atomic E-state index is 2.50. The zero-order valence-electron chi connectivity index (χ0n) is 13.1. The Hall–Kier alpha value is -2.19. The van der Waals surface area contributed by atoms with Crippen LogP contribution in [0, 0.1) is 0 Å². The van der Waals surface area contributed by atoms with Gasteiger partial charge in [0.15, 0.2) is 0 Å². The molecule has 1 atom stereocenters. The van der Waals surface area contributed by atoms with Crippen LogP contribution in [0.1, 0.15) is 18.7 Å². The predicted molar refractivity (Wildman–Crippen MR) is 101 cm³/mol. The average molecular weight is 317 g/mol. The average Bonchev–Trinajstić information content (AvgIpc) is 2.95. The van der Waals surface area contributed by atoms with Crippen LogP contribution < -0.4 is 0 Å². The molecule has 1 heterocycles. The molecule has 4 aromatic rings. The molecule has 1 aromatic heterocycles. The van der Waals surface area contributed by atoms with Crippen molar-refractivity contribution < 1.29 is 0 Å². The number of hydrogen-bond acceptors (Lipinski definition) is 1. The van der Waals surface area contributed by atoms with E-state index in [1.165, 1.54) is 26.7 Å². The van der Waals surface area contributed by atoms with E-state index in [0.29, 0.717) is 5.37 Å². The van der Waals surface area contributed by atoms with E-state index >= 15 is 0 Å². The maximum absolute atomic E-state index is 2.50. The van der Waals surface area contributed by atoms with Gasteiger partial charge in [-0.25, -0.2) is 0 Å². The Kier molecular flexibility index (Phi) is 3.84. The van der Waals surface area contributed by atoms with E-state index in [0.717, 1.165) is 6.42 Å². The van der Waals surface area contributed by atoms with Gasteiger partial charge in [-0.05, 0) is 30.7 Å². The van der Waals surface area contributed by atoms with Gasteiger partial charge in [-0.15, -0.1) is 11.8 Å². The van der Waals surface area contributed by atoms with Gasteiger partial charge in [0.05, 0.1) is 16.4 Å². The van der Waals surface area contributed by atoms with Gasteiger partial charge in [-0.2, -0.15) is 0 Å². The smallest absolute Gasteiger partial charge is 0.0843 e. The van der Waals surface area contributed by atoms with E-state index in [1.807, 2.05) is 11.8 Å². The minimum atomic E-state index is 0.391. The molecule has 23 heavy (non-hydrogen) atoms. The lowest BCUT2D eigenvalue weighted by atomic mass is 10.2. The molecule has 4 rings (SSSR count). The Morgan fingerprint density at radius 1 is 0.739 bits per heavy atom. The topological polar surface area (TPSA) is 4.93 Å². The molecule has 0 aliphatic rings. The number of para-hydroxylation sites is 2. The van der Waals surface area contributed by atoms with Crippen molar-refractivity contribution in [2.24, 2.45) is 0 Å². The molecule has 0 amide bonds. The van der Waals surface area contributed by atoms with Gasteiger partial charge in [-0.3, -0.25) is 0 Å². The lowest BCUT2D eigenvalue weighted by Gasteiger charge is -2.19. The van der Waals surface area contributed by atoms with E-state index in [-0.39, 0.29) is 0 Å². The molecule has 0 bridgehead atoms. The predicted octanol–water partition coefficient (Wildman–Crippen LogP) is 6.50. The largest absolute Gasteiger partial charge is 0.327 e. The summed E-state index contributed by atoms with van der Waals surface area (Å²) in [7, 11) is 0. The van der Waals surface area contributed by atoms with E-state index < -0.39 is 0 Å². The Morgan fingerprint density at radius 2 is 1.26 bits per heavy atom. The van der Waals surface area contributed by atoms with Crippen LogP contribution in [0.5, 0.6) is 0 Å². The highest BCUT2D eigenvalue weighted by Gasteiger charge is 2.17. The molecular weight excluding hydrogens is 298 g/mol. The van der Waals surface area contributed by atoms with Crippen molar-refractivity contribution in [2.75, 3.05) is 0 Å². The molecule has 0 aliphatic heterocycles. The van der Waals surface area contributed by atoms with Gasteiger partial charge < -0.3 is 4.57 Å². The van der Waals surface area contributed by atoms with Crippen LogP contribution in [0.3, 0.4) is 0 Å². The molecule has 1 unspecified atom stereocenters. The molecule has 0 spiro atoms. The molecule has 0 N–H and O–H groups in total. The third kappa shape index (κ3) is 2.53. The summed E-state index contributed by atoms with van der Waals surface area (Å²) in [5.41, 5.74) is 2.65. The monoisotopic (exact) mass is 317 g/mol. The van der Waals surface area contributed by atoms with E-state index in [1.54, 1.807) is 0 Å². The summed E-state index contributed by atoms with van der Waals surface area (Å²) in [6.07, 6.45) is 1.09. The third-order valence-corrected chi connectivity index (χ3v) is 5.63. The standard InChI is InChI=1S/C21H19NS/c1-2-21(23-16-10-4-3-5-11-16)22-19-14-8-6-12-17(19)18-13-7-9-15-20(18)22/h3-15,21H,2H2,1H3. The molecule has 2 heteroatoms. The van der Waals surface area contributed by atoms with Crippen molar-refractivity contribution in [1.82, 2.24) is 4.57 Å². The molecule has 0 aliphatic carbocycles. The Balaban J connectivity index is 1.91. The first kappa shape index (κ1) is 14.4. The zero-order chi connectivity index (χ0) is 15.6. The first-order chi connectivity index (χ1) is 11.4. The number of rotatable bonds is 4. The Labute approximate surface area is 140 Å². The lowest BCUT2D eigenvalue weighted by molar-refractivity contribution is 0.700. The van der Waals surface area contributed by atoms with Crippen LogP contribution >= 0.6 is 11.8 Å². The summed E-state index contributed by atoms with van der Waals surface area (Å²) >= 11 is 1.94. The van der Waals surface area contributed by atoms with E-state index in [4.69, 9.17) is 0 Å². The van der Waals surface area contributed by atoms with Gasteiger partial charge in [0.1, 0.15) is 0 Å². The summed E-state index contributed by atoms with van der Waals surface area (Å²) < 4.78 is 2.50. The summed E-state index contributed by atoms with van der Waals surface area (Å²) in [6, 6.07) is 28.2. The molecule has 114 valence electrons. The summed E-state index contributed by atoms with van der Waals surface area (Å²) in [6.45, 7) is 2.27. The second-order valence-electron chi connectivity index (χ2n) is 5.70. The molecule has 0 radical (unpaired) electrons. The van der Waals surface area contributed by atoms with E-state index in [9.17, 15) is 0 Å². The Bertz CT molecular complexity index is 887. The fraction of sp³-hybridized carbons (Fsp3) is 0.143. The normalized spacial score (nSPS) is 12.7. The minimum Gasteiger partial charge on any atom is -0.327 e. The van der Waals surface area contributed by atoms with Crippen LogP contribution in [-0.4, -0.2) is 4.57 Å². The van der Waals surface area contributed by atoms with Crippen LogP contribution in [0.2, 0.25) is 0 Å².